The Labute approximate surface area is 219 Å². The maximum Gasteiger partial charge on any atom is 0.410 e. The molecule has 3 aliphatic rings. The number of carbonyl (C=O) groups excluding carboxylic acids is 3. The molecule has 0 unspecified atom stereocenters. The Bertz CT molecular complexity index is 1210. The zero-order chi connectivity index (χ0) is 26.7. The van der Waals surface area contributed by atoms with E-state index in [2.05, 4.69) is 18.8 Å². The standard InChI is InChI=1S/C30H37N3O4/c1-20(2)27(34)16-10-12-23(31-25-14-8-6-11-22(25)5)17-33-26-15-9-7-13-24(26)30(28(33)35)18-32(19-30)29(36)37-21(3)4/h7,9,13,15,20-21H,6,8,11,14,16-19H2,1-5H3/b31-23+. The molecule has 2 aliphatic heterocycles. The molecule has 7 nitrogen and oxygen atoms in total. The second-order valence-corrected chi connectivity index (χ2v) is 10.9. The van der Waals surface area contributed by atoms with Crippen molar-refractivity contribution in [2.24, 2.45) is 10.9 Å². The number of allylic oxidation sites excluding steroid dienone is 2. The summed E-state index contributed by atoms with van der Waals surface area (Å²) in [4.78, 5) is 46.7. The van der Waals surface area contributed by atoms with E-state index in [-0.39, 0.29) is 49.8 Å². The van der Waals surface area contributed by atoms with E-state index in [1.54, 1.807) is 9.80 Å². The summed E-state index contributed by atoms with van der Waals surface area (Å²) < 4.78 is 5.34. The number of ketones is 1. The summed E-state index contributed by atoms with van der Waals surface area (Å²) in [7, 11) is 0. The molecule has 0 aromatic heterocycles. The minimum Gasteiger partial charge on any atom is -0.447 e. The van der Waals surface area contributed by atoms with Crippen LogP contribution in [0.5, 0.6) is 0 Å². The number of fused-ring (bicyclic) bond motifs is 2. The number of aliphatic imine (C=N–C) groups is 1. The number of ether oxygens (including phenoxy) is 1. The molecule has 1 fully saturated rings. The van der Waals surface area contributed by atoms with E-state index in [0.29, 0.717) is 5.71 Å². The number of carbonyl (C=O) groups is 3. The average molecular weight is 504 g/mol. The van der Waals surface area contributed by atoms with Crippen LogP contribution < -0.4 is 4.90 Å². The highest BCUT2D eigenvalue weighted by atomic mass is 16.6. The Morgan fingerprint density at radius 3 is 2.49 bits per heavy atom. The number of para-hydroxylation sites is 1. The highest BCUT2D eigenvalue weighted by molar-refractivity contribution is 6.15. The summed E-state index contributed by atoms with van der Waals surface area (Å²) in [6.07, 6.45) is 3.70. The monoisotopic (exact) mass is 503 g/mol. The summed E-state index contributed by atoms with van der Waals surface area (Å²) in [5.41, 5.74) is 3.84. The SMILES string of the molecule is CC1=C(/N=C(\C#CCC(=O)C(C)C)CN2C(=O)C3(CN(C(=O)OC(C)C)C3)c3ccccc32)CCCC1. The highest BCUT2D eigenvalue weighted by Crippen LogP contribution is 2.47. The first-order valence-corrected chi connectivity index (χ1v) is 13.3. The number of nitrogens with zero attached hydrogens (tertiary/aromatic N) is 3. The first kappa shape index (κ1) is 26.7. The fourth-order valence-corrected chi connectivity index (χ4v) is 5.11. The van der Waals surface area contributed by atoms with Gasteiger partial charge in [0.1, 0.15) is 16.9 Å². The molecular formula is C30H37N3O4. The van der Waals surface area contributed by atoms with Gasteiger partial charge in [0.05, 0.1) is 19.1 Å². The molecule has 7 heteroatoms. The fourth-order valence-electron chi connectivity index (χ4n) is 5.11. The van der Waals surface area contributed by atoms with Gasteiger partial charge in [-0.25, -0.2) is 9.79 Å². The Hall–Kier alpha value is -3.40. The van der Waals surface area contributed by atoms with Crippen LogP contribution in [0.4, 0.5) is 10.5 Å². The summed E-state index contributed by atoms with van der Waals surface area (Å²) in [6, 6.07) is 7.75. The van der Waals surface area contributed by atoms with Crippen LogP contribution in [0.25, 0.3) is 0 Å². The van der Waals surface area contributed by atoms with E-state index in [1.165, 1.54) is 5.57 Å². The van der Waals surface area contributed by atoms with Crippen molar-refractivity contribution in [3.63, 3.8) is 0 Å². The molecule has 0 N–H and O–H groups in total. The van der Waals surface area contributed by atoms with Crippen LogP contribution in [-0.2, 0) is 19.7 Å². The van der Waals surface area contributed by atoms with Gasteiger partial charge in [-0.1, -0.05) is 43.5 Å². The Morgan fingerprint density at radius 2 is 1.81 bits per heavy atom. The predicted molar refractivity (Wildman–Crippen MR) is 145 cm³/mol. The van der Waals surface area contributed by atoms with Gasteiger partial charge in [-0.05, 0) is 64.0 Å². The van der Waals surface area contributed by atoms with Gasteiger partial charge in [0.15, 0.2) is 0 Å². The van der Waals surface area contributed by atoms with Crippen molar-refractivity contribution in [2.45, 2.75) is 78.2 Å². The van der Waals surface area contributed by atoms with Crippen molar-refractivity contribution in [3.05, 3.63) is 41.1 Å². The van der Waals surface area contributed by atoms with Gasteiger partial charge in [-0.2, -0.15) is 0 Å². The number of likely N-dealkylation sites (tertiary alicyclic amines) is 1. The molecule has 0 bridgehead atoms. The molecule has 196 valence electrons. The molecule has 0 atom stereocenters. The second kappa shape index (κ2) is 10.9. The number of amides is 2. The van der Waals surface area contributed by atoms with E-state index in [0.717, 1.165) is 42.6 Å². The maximum atomic E-state index is 13.9. The van der Waals surface area contributed by atoms with Crippen molar-refractivity contribution in [3.8, 4) is 11.8 Å². The van der Waals surface area contributed by atoms with Crippen LogP contribution in [0, 0.1) is 17.8 Å². The minimum absolute atomic E-state index is 0.0515. The molecule has 1 aromatic carbocycles. The van der Waals surface area contributed by atoms with E-state index in [4.69, 9.17) is 9.73 Å². The van der Waals surface area contributed by atoms with Crippen molar-refractivity contribution >= 4 is 29.2 Å². The lowest BCUT2D eigenvalue weighted by Gasteiger charge is -2.46. The largest absolute Gasteiger partial charge is 0.447 e. The van der Waals surface area contributed by atoms with E-state index >= 15 is 0 Å². The van der Waals surface area contributed by atoms with E-state index < -0.39 is 11.5 Å². The van der Waals surface area contributed by atoms with Gasteiger partial charge in [0.2, 0.25) is 5.91 Å². The van der Waals surface area contributed by atoms with Gasteiger partial charge in [0, 0.05) is 30.4 Å². The molecule has 2 heterocycles. The predicted octanol–water partition coefficient (Wildman–Crippen LogP) is 5.04. The smallest absolute Gasteiger partial charge is 0.410 e. The van der Waals surface area contributed by atoms with Crippen molar-refractivity contribution < 1.29 is 19.1 Å². The van der Waals surface area contributed by atoms with Gasteiger partial charge in [-0.3, -0.25) is 9.59 Å². The van der Waals surface area contributed by atoms with Gasteiger partial charge in [-0.15, -0.1) is 0 Å². The van der Waals surface area contributed by atoms with Crippen LogP contribution in [0.15, 0.2) is 40.5 Å². The summed E-state index contributed by atoms with van der Waals surface area (Å²) in [5.74, 6) is 6.10. The highest BCUT2D eigenvalue weighted by Gasteiger charge is 2.59. The van der Waals surface area contributed by atoms with E-state index in [9.17, 15) is 14.4 Å². The van der Waals surface area contributed by atoms with Gasteiger partial charge >= 0.3 is 6.09 Å². The number of anilines is 1. The molecule has 1 spiro atoms. The van der Waals surface area contributed by atoms with Crippen LogP contribution in [0.2, 0.25) is 0 Å². The van der Waals surface area contributed by atoms with E-state index in [1.807, 2.05) is 52.0 Å². The van der Waals surface area contributed by atoms with Gasteiger partial charge < -0.3 is 14.5 Å². The lowest BCUT2D eigenvalue weighted by atomic mass is 9.75. The van der Waals surface area contributed by atoms with Crippen molar-refractivity contribution in [1.29, 1.82) is 0 Å². The molecular weight excluding hydrogens is 466 g/mol. The number of rotatable bonds is 6. The molecule has 37 heavy (non-hydrogen) atoms. The number of hydrogen-bond acceptors (Lipinski definition) is 5. The van der Waals surface area contributed by atoms with Crippen LogP contribution in [0.1, 0.15) is 72.3 Å². The first-order chi connectivity index (χ1) is 17.6. The average Bonchev–Trinajstić information content (AvgIpc) is 3.06. The third kappa shape index (κ3) is 5.49. The van der Waals surface area contributed by atoms with Crippen LogP contribution >= 0.6 is 0 Å². The Balaban J connectivity index is 1.62. The normalized spacial score (nSPS) is 18.7. The quantitative estimate of drug-likeness (QED) is 0.402. The third-order valence-electron chi connectivity index (χ3n) is 7.31. The van der Waals surface area contributed by atoms with Gasteiger partial charge in [0.25, 0.3) is 0 Å². The third-order valence-corrected chi connectivity index (χ3v) is 7.31. The minimum atomic E-state index is -0.779. The first-order valence-electron chi connectivity index (χ1n) is 13.3. The van der Waals surface area contributed by atoms with Crippen LogP contribution in [-0.4, -0.2) is 54.1 Å². The maximum absolute atomic E-state index is 13.9. The summed E-state index contributed by atoms with van der Waals surface area (Å²) in [5, 5.41) is 0. The Morgan fingerprint density at radius 1 is 1.11 bits per heavy atom. The zero-order valence-corrected chi connectivity index (χ0v) is 22.6. The molecule has 2 amide bonds. The summed E-state index contributed by atoms with van der Waals surface area (Å²) in [6.45, 7) is 10.3. The molecule has 1 aliphatic carbocycles. The molecule has 0 radical (unpaired) electrons. The Kier molecular flexibility index (Phi) is 7.87. The lowest BCUT2D eigenvalue weighted by Crippen LogP contribution is -2.65. The summed E-state index contributed by atoms with van der Waals surface area (Å²) >= 11 is 0. The number of hydrogen-bond donors (Lipinski definition) is 0. The lowest BCUT2D eigenvalue weighted by molar-refractivity contribution is -0.128. The second-order valence-electron chi connectivity index (χ2n) is 10.9. The zero-order valence-electron chi connectivity index (χ0n) is 22.6. The van der Waals surface area contributed by atoms with Crippen molar-refractivity contribution in [1.82, 2.24) is 4.90 Å². The van der Waals surface area contributed by atoms with Crippen molar-refractivity contribution in [2.75, 3.05) is 24.5 Å². The molecule has 4 rings (SSSR count). The number of Topliss-reactive ketones (excluding diaryl/α,β-unsaturated/α-hetero) is 1. The topological polar surface area (TPSA) is 79.3 Å². The number of benzene rings is 1. The molecule has 1 aromatic rings. The molecule has 1 saturated heterocycles. The fraction of sp³-hybridized carbons (Fsp3) is 0.533. The van der Waals surface area contributed by atoms with Crippen LogP contribution in [0.3, 0.4) is 0 Å². The molecule has 0 saturated carbocycles.